The number of nitrogens with one attached hydrogen (secondary N) is 1. The Morgan fingerprint density at radius 3 is 2.35 bits per heavy atom. The molecule has 0 saturated carbocycles. The second-order valence-electron chi connectivity index (χ2n) is 5.08. The topological polar surface area (TPSA) is 86.6 Å². The minimum atomic E-state index is -2.77. The SMILES string of the molecule is CP(=O)(CNc1cc(Cl)c(C(=O)O)c(Cl)c1)c1cccc(O)c1. The molecule has 0 spiro atoms. The van der Waals surface area contributed by atoms with Crippen LogP contribution >= 0.6 is 30.3 Å². The molecule has 0 radical (unpaired) electrons. The number of benzene rings is 2. The Labute approximate surface area is 143 Å². The van der Waals surface area contributed by atoms with Gasteiger partial charge in [-0.1, -0.05) is 35.3 Å². The van der Waals surface area contributed by atoms with E-state index in [9.17, 15) is 14.5 Å². The fraction of sp³-hybridized carbons (Fsp3) is 0.133. The highest BCUT2D eigenvalue weighted by Crippen LogP contribution is 2.40. The molecule has 0 heterocycles. The third-order valence-corrected chi connectivity index (χ3v) is 5.95. The van der Waals surface area contributed by atoms with Crippen molar-refractivity contribution in [1.29, 1.82) is 0 Å². The van der Waals surface area contributed by atoms with Gasteiger partial charge in [0.15, 0.2) is 0 Å². The van der Waals surface area contributed by atoms with E-state index < -0.39 is 13.1 Å². The van der Waals surface area contributed by atoms with Crippen LogP contribution in [0.25, 0.3) is 0 Å². The number of rotatable bonds is 5. The van der Waals surface area contributed by atoms with Gasteiger partial charge in [0, 0.05) is 11.0 Å². The molecule has 0 aromatic heterocycles. The number of aromatic carboxylic acids is 1. The van der Waals surface area contributed by atoms with Crippen molar-refractivity contribution >= 4 is 47.3 Å². The van der Waals surface area contributed by atoms with Gasteiger partial charge in [0.05, 0.1) is 21.9 Å². The Balaban J connectivity index is 2.21. The molecule has 122 valence electrons. The molecule has 0 amide bonds. The summed E-state index contributed by atoms with van der Waals surface area (Å²) < 4.78 is 12.8. The lowest BCUT2D eigenvalue weighted by Crippen LogP contribution is -2.12. The van der Waals surface area contributed by atoms with Gasteiger partial charge in [-0.05, 0) is 30.9 Å². The fourth-order valence-electron chi connectivity index (χ4n) is 2.00. The van der Waals surface area contributed by atoms with Gasteiger partial charge in [0.1, 0.15) is 12.9 Å². The number of anilines is 1. The summed E-state index contributed by atoms with van der Waals surface area (Å²) in [6, 6.07) is 9.08. The summed E-state index contributed by atoms with van der Waals surface area (Å²) in [5.74, 6) is -1.17. The lowest BCUT2D eigenvalue weighted by atomic mass is 10.2. The first-order valence-electron chi connectivity index (χ1n) is 6.53. The summed E-state index contributed by atoms with van der Waals surface area (Å²) in [4.78, 5) is 11.0. The van der Waals surface area contributed by atoms with Crippen molar-refractivity contribution < 1.29 is 19.6 Å². The van der Waals surface area contributed by atoms with Crippen LogP contribution < -0.4 is 10.6 Å². The fourth-order valence-corrected chi connectivity index (χ4v) is 4.12. The van der Waals surface area contributed by atoms with Crippen LogP contribution in [-0.4, -0.2) is 29.1 Å². The quantitative estimate of drug-likeness (QED) is 0.687. The van der Waals surface area contributed by atoms with Crippen LogP contribution in [0.2, 0.25) is 10.0 Å². The molecule has 0 bridgehead atoms. The van der Waals surface area contributed by atoms with E-state index in [2.05, 4.69) is 5.32 Å². The highest BCUT2D eigenvalue weighted by Gasteiger charge is 2.20. The molecule has 23 heavy (non-hydrogen) atoms. The Bertz CT molecular complexity index is 787. The summed E-state index contributed by atoms with van der Waals surface area (Å²) >= 11 is 11.8. The zero-order valence-corrected chi connectivity index (χ0v) is 14.5. The van der Waals surface area contributed by atoms with E-state index in [1.165, 1.54) is 24.3 Å². The third kappa shape index (κ3) is 4.20. The smallest absolute Gasteiger partial charge is 0.338 e. The van der Waals surface area contributed by atoms with Gasteiger partial charge in [-0.25, -0.2) is 4.79 Å². The Kier molecular flexibility index (Phi) is 5.25. The average molecular weight is 374 g/mol. The van der Waals surface area contributed by atoms with Crippen molar-refractivity contribution in [3.05, 3.63) is 52.0 Å². The first-order valence-corrected chi connectivity index (χ1v) is 9.62. The molecule has 5 nitrogen and oxygen atoms in total. The maximum atomic E-state index is 12.8. The third-order valence-electron chi connectivity index (χ3n) is 3.22. The predicted octanol–water partition coefficient (Wildman–Crippen LogP) is 4.09. The van der Waals surface area contributed by atoms with Crippen molar-refractivity contribution in [2.45, 2.75) is 0 Å². The van der Waals surface area contributed by atoms with Gasteiger partial charge in [-0.2, -0.15) is 0 Å². The van der Waals surface area contributed by atoms with E-state index in [1.807, 2.05) is 0 Å². The summed E-state index contributed by atoms with van der Waals surface area (Å²) in [5, 5.41) is 22.0. The summed E-state index contributed by atoms with van der Waals surface area (Å²) in [7, 11) is -2.77. The molecular formula is C15H14Cl2NO4P. The standard InChI is InChI=1S/C15H14Cl2NO4P/c1-23(22,11-4-2-3-10(19)7-11)8-18-9-5-12(16)14(15(20)21)13(17)6-9/h2-7,18-19H,8H2,1H3,(H,20,21). The Hall–Kier alpha value is -1.68. The van der Waals surface area contributed by atoms with Crippen LogP contribution in [0.3, 0.4) is 0 Å². The number of hydrogen-bond donors (Lipinski definition) is 3. The maximum absolute atomic E-state index is 12.8. The summed E-state index contributed by atoms with van der Waals surface area (Å²) in [5.41, 5.74) is 0.291. The van der Waals surface area contributed by atoms with Crippen LogP contribution in [0.5, 0.6) is 5.75 Å². The Morgan fingerprint density at radius 1 is 1.22 bits per heavy atom. The van der Waals surface area contributed by atoms with Gasteiger partial charge < -0.3 is 20.1 Å². The summed E-state index contributed by atoms with van der Waals surface area (Å²) in [6.45, 7) is 1.59. The average Bonchev–Trinajstić information content (AvgIpc) is 2.44. The number of carboxylic acid groups (broad SMARTS) is 1. The molecule has 0 aliphatic carbocycles. The monoisotopic (exact) mass is 373 g/mol. The van der Waals surface area contributed by atoms with Crippen LogP contribution in [0.4, 0.5) is 5.69 Å². The molecule has 1 atom stereocenters. The van der Waals surface area contributed by atoms with Crippen molar-refractivity contribution in [2.75, 3.05) is 18.3 Å². The van der Waals surface area contributed by atoms with Gasteiger partial charge in [-0.15, -0.1) is 0 Å². The molecule has 2 rings (SSSR count). The predicted molar refractivity (Wildman–Crippen MR) is 93.2 cm³/mol. The minimum Gasteiger partial charge on any atom is -0.508 e. The van der Waals surface area contributed by atoms with E-state index >= 15 is 0 Å². The number of halogens is 2. The first-order chi connectivity index (χ1) is 10.7. The lowest BCUT2D eigenvalue weighted by Gasteiger charge is -2.16. The van der Waals surface area contributed by atoms with Gasteiger partial charge in [-0.3, -0.25) is 0 Å². The molecule has 2 aromatic rings. The Morgan fingerprint density at radius 2 is 1.83 bits per heavy atom. The molecule has 0 aliphatic heterocycles. The van der Waals surface area contributed by atoms with E-state index in [-0.39, 0.29) is 27.6 Å². The normalized spacial score (nSPS) is 13.3. The molecule has 3 N–H and O–H groups in total. The second-order valence-corrected chi connectivity index (χ2v) is 8.92. The van der Waals surface area contributed by atoms with Crippen molar-refractivity contribution in [1.82, 2.24) is 0 Å². The van der Waals surface area contributed by atoms with Gasteiger partial charge in [0.25, 0.3) is 0 Å². The number of hydrogen-bond acceptors (Lipinski definition) is 4. The molecule has 2 aromatic carbocycles. The van der Waals surface area contributed by atoms with Crippen molar-refractivity contribution in [3.63, 3.8) is 0 Å². The zero-order chi connectivity index (χ0) is 17.2. The largest absolute Gasteiger partial charge is 0.508 e. The molecule has 0 fully saturated rings. The molecule has 0 saturated heterocycles. The van der Waals surface area contributed by atoms with E-state index in [1.54, 1.807) is 18.8 Å². The number of carboxylic acids is 1. The second kappa shape index (κ2) is 6.83. The van der Waals surface area contributed by atoms with Gasteiger partial charge in [0.2, 0.25) is 0 Å². The van der Waals surface area contributed by atoms with Crippen LogP contribution in [0.1, 0.15) is 10.4 Å². The zero-order valence-electron chi connectivity index (χ0n) is 12.1. The minimum absolute atomic E-state index is 0.00390. The maximum Gasteiger partial charge on any atom is 0.338 e. The molecule has 0 aliphatic rings. The van der Waals surface area contributed by atoms with E-state index in [0.29, 0.717) is 11.0 Å². The van der Waals surface area contributed by atoms with Crippen LogP contribution in [-0.2, 0) is 4.57 Å². The highest BCUT2D eigenvalue weighted by atomic mass is 35.5. The van der Waals surface area contributed by atoms with Crippen molar-refractivity contribution in [3.8, 4) is 5.75 Å². The highest BCUT2D eigenvalue weighted by molar-refractivity contribution is 7.71. The lowest BCUT2D eigenvalue weighted by molar-refractivity contribution is 0.0697. The number of phenols is 1. The first kappa shape index (κ1) is 17.7. The van der Waals surface area contributed by atoms with E-state index in [0.717, 1.165) is 0 Å². The van der Waals surface area contributed by atoms with Crippen LogP contribution in [0, 0.1) is 0 Å². The number of phenolic OH excluding ortho intramolecular Hbond substituents is 1. The van der Waals surface area contributed by atoms with Gasteiger partial charge >= 0.3 is 5.97 Å². The molecule has 8 heteroatoms. The number of aromatic hydroxyl groups is 1. The van der Waals surface area contributed by atoms with Crippen molar-refractivity contribution in [2.24, 2.45) is 0 Å². The molecular weight excluding hydrogens is 360 g/mol. The van der Waals surface area contributed by atoms with Crippen LogP contribution in [0.15, 0.2) is 36.4 Å². The van der Waals surface area contributed by atoms with E-state index in [4.69, 9.17) is 28.3 Å². The summed E-state index contributed by atoms with van der Waals surface area (Å²) in [6.07, 6.45) is 0.107. The number of carbonyl (C=O) groups is 1. The molecule has 1 unspecified atom stereocenters.